The first-order chi connectivity index (χ1) is 9.38. The fraction of sp³-hybridized carbons (Fsp3) is 1.00. The molecule has 0 aliphatic rings. The van der Waals surface area contributed by atoms with E-state index in [0.29, 0.717) is 6.42 Å². The molecule has 0 saturated carbocycles. The van der Waals surface area contributed by atoms with Crippen molar-refractivity contribution in [3.05, 3.63) is 0 Å². The van der Waals surface area contributed by atoms with Crippen LogP contribution in [-0.2, 0) is 10.1 Å². The summed E-state index contributed by atoms with van der Waals surface area (Å²) >= 11 is 0. The third-order valence-electron chi connectivity index (χ3n) is 3.86. The Bertz CT molecular complexity index is 320. The summed E-state index contributed by atoms with van der Waals surface area (Å²) in [5.41, 5.74) is 0. The Balaban J connectivity index is 0. The summed E-state index contributed by atoms with van der Waals surface area (Å²) in [6, 6.07) is 0. The smallest absolute Gasteiger partial charge is 0.748 e. The molecule has 6 heteroatoms. The minimum atomic E-state index is -4.09. The zero-order valence-corrected chi connectivity index (χ0v) is 16.8. The first-order valence-corrected chi connectivity index (χ1v) is 9.47. The minimum absolute atomic E-state index is 0. The Hall–Kier alpha value is 0.870. The second kappa shape index (κ2) is 14.5. The van der Waals surface area contributed by atoms with E-state index in [1.807, 2.05) is 6.92 Å². The van der Waals surface area contributed by atoms with Gasteiger partial charge in [-0.2, -0.15) is 0 Å². The van der Waals surface area contributed by atoms with Crippen LogP contribution in [0.3, 0.4) is 0 Å². The van der Waals surface area contributed by atoms with Crippen LogP contribution in [0.15, 0.2) is 0 Å². The van der Waals surface area contributed by atoms with Gasteiger partial charge in [0, 0.05) is 5.25 Å². The van der Waals surface area contributed by atoms with Crippen LogP contribution >= 0.6 is 0 Å². The van der Waals surface area contributed by atoms with Gasteiger partial charge in [-0.3, -0.25) is 0 Å². The number of hydrogen-bond donors (Lipinski definition) is 1. The molecule has 0 amide bonds. The number of rotatable bonds is 13. The summed E-state index contributed by atoms with van der Waals surface area (Å²) in [5.74, 6) is 0. The Morgan fingerprint density at radius 1 is 0.905 bits per heavy atom. The first kappa shape index (κ1) is 24.1. The molecule has 0 aromatic heterocycles. The maximum Gasteiger partial charge on any atom is 1.00 e. The molecule has 2 unspecified atom stereocenters. The van der Waals surface area contributed by atoms with Crippen LogP contribution in [0.2, 0.25) is 0 Å². The molecule has 4 nitrogen and oxygen atoms in total. The van der Waals surface area contributed by atoms with E-state index >= 15 is 0 Å². The summed E-state index contributed by atoms with van der Waals surface area (Å²) in [6.07, 6.45) is 10.9. The van der Waals surface area contributed by atoms with E-state index in [2.05, 4.69) is 0 Å². The van der Waals surface area contributed by atoms with Gasteiger partial charge in [0.2, 0.25) is 0 Å². The molecule has 1 N–H and O–H groups in total. The predicted molar refractivity (Wildman–Crippen MR) is 81.6 cm³/mol. The van der Waals surface area contributed by atoms with Crippen LogP contribution in [0, 0.1) is 0 Å². The van der Waals surface area contributed by atoms with Crippen molar-refractivity contribution in [2.24, 2.45) is 0 Å². The summed E-state index contributed by atoms with van der Waals surface area (Å²) in [4.78, 5) is 0. The number of aliphatic hydroxyl groups excluding tert-OH is 1. The number of unbranched alkanes of at least 4 members (excludes halogenated alkanes) is 7. The molecule has 2 atom stereocenters. The monoisotopic (exact) mass is 330 g/mol. The molecule has 0 fully saturated rings. The van der Waals surface area contributed by atoms with Crippen molar-refractivity contribution in [1.82, 2.24) is 0 Å². The van der Waals surface area contributed by atoms with E-state index in [9.17, 15) is 18.1 Å². The van der Waals surface area contributed by atoms with Gasteiger partial charge in [-0.15, -0.1) is 0 Å². The Morgan fingerprint density at radius 2 is 1.29 bits per heavy atom. The van der Waals surface area contributed by atoms with Crippen molar-refractivity contribution in [3.8, 4) is 0 Å². The van der Waals surface area contributed by atoms with Gasteiger partial charge in [-0.1, -0.05) is 58.3 Å². The average Bonchev–Trinajstić information content (AvgIpc) is 2.39. The molecule has 0 saturated heterocycles. The molecule has 0 bridgehead atoms. The molecular formula is C15H31NaO4S. The summed E-state index contributed by atoms with van der Waals surface area (Å²) in [6.45, 7) is 3.50. The van der Waals surface area contributed by atoms with Gasteiger partial charge in [0.1, 0.15) is 0 Å². The fourth-order valence-electron chi connectivity index (χ4n) is 2.22. The summed E-state index contributed by atoms with van der Waals surface area (Å²) in [7, 11) is -4.09. The molecular weight excluding hydrogens is 299 g/mol. The summed E-state index contributed by atoms with van der Waals surface area (Å²) < 4.78 is 32.1. The molecule has 0 heterocycles. The maximum absolute atomic E-state index is 10.7. The SMILES string of the molecule is CCC(O)CCCCCCCCCCC(C)S(=O)(=O)[O-].[Na+]. The van der Waals surface area contributed by atoms with Gasteiger partial charge in [-0.25, -0.2) is 8.42 Å². The van der Waals surface area contributed by atoms with Crippen molar-refractivity contribution in [2.45, 2.75) is 95.8 Å². The molecule has 122 valence electrons. The first-order valence-electron chi connectivity index (χ1n) is 8.00. The largest absolute Gasteiger partial charge is 1.00 e. The molecule has 0 aliphatic carbocycles. The molecule has 0 aliphatic heterocycles. The van der Waals surface area contributed by atoms with Crippen LogP contribution < -0.4 is 29.6 Å². The molecule has 0 rings (SSSR count). The van der Waals surface area contributed by atoms with E-state index in [1.165, 1.54) is 32.6 Å². The fourth-order valence-corrected chi connectivity index (χ4v) is 2.68. The van der Waals surface area contributed by atoms with Crippen molar-refractivity contribution in [3.63, 3.8) is 0 Å². The van der Waals surface area contributed by atoms with Gasteiger partial charge >= 0.3 is 29.6 Å². The van der Waals surface area contributed by atoms with Crippen LogP contribution in [0.4, 0.5) is 0 Å². The summed E-state index contributed by atoms with van der Waals surface area (Å²) in [5, 5.41) is 8.65. The van der Waals surface area contributed by atoms with E-state index in [1.54, 1.807) is 0 Å². The molecule has 0 aromatic carbocycles. The number of hydrogen-bond acceptors (Lipinski definition) is 4. The minimum Gasteiger partial charge on any atom is -0.748 e. The van der Waals surface area contributed by atoms with Crippen LogP contribution in [-0.4, -0.2) is 29.4 Å². The third-order valence-corrected chi connectivity index (χ3v) is 5.08. The molecule has 0 radical (unpaired) electrons. The van der Waals surface area contributed by atoms with Gasteiger partial charge < -0.3 is 9.66 Å². The Kier molecular flexibility index (Phi) is 16.6. The Labute approximate surface area is 153 Å². The standard InChI is InChI=1S/C15H32O4S.Na/c1-3-15(16)13-11-9-7-5-4-6-8-10-12-14(2)20(17,18)19;/h14-16H,3-13H2,1-2H3,(H,17,18,19);/q;+1/p-1. The van der Waals surface area contributed by atoms with Crippen molar-refractivity contribution < 1.29 is 47.6 Å². The van der Waals surface area contributed by atoms with Gasteiger partial charge in [0.15, 0.2) is 0 Å². The quantitative estimate of drug-likeness (QED) is 0.305. The van der Waals surface area contributed by atoms with E-state index in [0.717, 1.165) is 38.5 Å². The predicted octanol–water partition coefficient (Wildman–Crippen LogP) is 0.596. The molecule has 21 heavy (non-hydrogen) atoms. The van der Waals surface area contributed by atoms with Crippen LogP contribution in [0.1, 0.15) is 84.5 Å². The average molecular weight is 330 g/mol. The Morgan fingerprint density at radius 3 is 1.67 bits per heavy atom. The van der Waals surface area contributed by atoms with E-state index in [4.69, 9.17) is 0 Å². The molecule has 0 aromatic rings. The zero-order chi connectivity index (χ0) is 15.4. The third kappa shape index (κ3) is 15.5. The second-order valence-electron chi connectivity index (χ2n) is 5.77. The number of aliphatic hydroxyl groups is 1. The van der Waals surface area contributed by atoms with Gasteiger partial charge in [-0.05, 0) is 26.2 Å². The maximum atomic E-state index is 10.7. The van der Waals surface area contributed by atoms with Crippen molar-refractivity contribution in [2.75, 3.05) is 0 Å². The van der Waals surface area contributed by atoms with E-state index in [-0.39, 0.29) is 35.7 Å². The topological polar surface area (TPSA) is 77.4 Å². The normalized spacial score (nSPS) is 14.5. The van der Waals surface area contributed by atoms with Crippen LogP contribution in [0.25, 0.3) is 0 Å². The van der Waals surface area contributed by atoms with E-state index < -0.39 is 15.4 Å². The molecule has 0 spiro atoms. The van der Waals surface area contributed by atoms with Gasteiger partial charge in [0.05, 0.1) is 16.2 Å². The second-order valence-corrected chi connectivity index (χ2v) is 7.56. The van der Waals surface area contributed by atoms with Crippen LogP contribution in [0.5, 0.6) is 0 Å². The van der Waals surface area contributed by atoms with Crippen molar-refractivity contribution in [1.29, 1.82) is 0 Å². The van der Waals surface area contributed by atoms with Gasteiger partial charge in [0.25, 0.3) is 0 Å². The van der Waals surface area contributed by atoms with Crippen molar-refractivity contribution >= 4 is 10.1 Å². The zero-order valence-electron chi connectivity index (χ0n) is 14.0.